The lowest BCUT2D eigenvalue weighted by Gasteiger charge is -2.34. The van der Waals surface area contributed by atoms with E-state index in [2.05, 4.69) is 20.3 Å². The first-order valence-corrected chi connectivity index (χ1v) is 8.25. The molecule has 0 spiro atoms. The molecule has 0 amide bonds. The van der Waals surface area contributed by atoms with Gasteiger partial charge in [-0.1, -0.05) is 11.6 Å². The molecule has 0 aromatic carbocycles. The summed E-state index contributed by atoms with van der Waals surface area (Å²) in [5.74, 6) is 0.683. The number of aryl methyl sites for hydroxylation is 1. The van der Waals surface area contributed by atoms with Crippen LogP contribution in [0.2, 0.25) is 5.02 Å². The van der Waals surface area contributed by atoms with Gasteiger partial charge in [-0.2, -0.15) is 5.10 Å². The first kappa shape index (κ1) is 16.7. The van der Waals surface area contributed by atoms with E-state index in [1.54, 1.807) is 37.6 Å². The molecule has 0 aliphatic carbocycles. The minimum absolute atomic E-state index is 0.0813. The van der Waals surface area contributed by atoms with Crippen molar-refractivity contribution in [1.82, 2.24) is 14.8 Å². The van der Waals surface area contributed by atoms with Crippen LogP contribution in [0.4, 0.5) is 11.5 Å². The highest BCUT2D eigenvalue weighted by atomic mass is 35.5. The molecule has 1 aliphatic heterocycles. The van der Waals surface area contributed by atoms with Crippen molar-refractivity contribution in [2.24, 2.45) is 7.05 Å². The fourth-order valence-corrected chi connectivity index (χ4v) is 2.82. The third-order valence-corrected chi connectivity index (χ3v) is 4.28. The lowest BCUT2D eigenvalue weighted by atomic mass is 10.2. The molecule has 8 heteroatoms. The van der Waals surface area contributed by atoms with Crippen molar-refractivity contribution in [3.8, 4) is 0 Å². The predicted octanol–water partition coefficient (Wildman–Crippen LogP) is 1.54. The summed E-state index contributed by atoms with van der Waals surface area (Å²) in [5.41, 5.74) is 0.731. The molecule has 3 heterocycles. The van der Waals surface area contributed by atoms with Crippen LogP contribution < -0.4 is 15.8 Å². The molecule has 1 N–H and O–H groups in total. The van der Waals surface area contributed by atoms with Gasteiger partial charge in [0.2, 0.25) is 0 Å². The number of rotatable bonds is 5. The van der Waals surface area contributed by atoms with Gasteiger partial charge in [-0.3, -0.25) is 4.79 Å². The Hall–Kier alpha value is -2.12. The van der Waals surface area contributed by atoms with E-state index in [4.69, 9.17) is 16.3 Å². The maximum Gasteiger partial charge on any atom is 0.268 e. The van der Waals surface area contributed by atoms with Gasteiger partial charge >= 0.3 is 0 Å². The van der Waals surface area contributed by atoms with Crippen molar-refractivity contribution >= 4 is 23.1 Å². The van der Waals surface area contributed by atoms with Gasteiger partial charge in [0.15, 0.2) is 0 Å². The van der Waals surface area contributed by atoms with E-state index in [9.17, 15) is 4.79 Å². The van der Waals surface area contributed by atoms with Crippen molar-refractivity contribution in [2.75, 3.05) is 36.5 Å². The number of morpholine rings is 1. The summed E-state index contributed by atoms with van der Waals surface area (Å²) in [5, 5.41) is 7.91. The van der Waals surface area contributed by atoms with Crippen LogP contribution in [0.5, 0.6) is 0 Å². The van der Waals surface area contributed by atoms with Gasteiger partial charge in [-0.15, -0.1) is 0 Å². The van der Waals surface area contributed by atoms with Gasteiger partial charge in [0, 0.05) is 38.9 Å². The highest BCUT2D eigenvalue weighted by molar-refractivity contribution is 6.32. The van der Waals surface area contributed by atoms with Gasteiger partial charge in [0.1, 0.15) is 5.82 Å². The number of aromatic nitrogens is 3. The fourth-order valence-electron chi connectivity index (χ4n) is 2.63. The highest BCUT2D eigenvalue weighted by Crippen LogP contribution is 2.19. The number of hydrogen-bond donors (Lipinski definition) is 1. The molecule has 1 fully saturated rings. The average molecular weight is 350 g/mol. The SMILES string of the molecule is Cn1ncc(N2CCO[C@@H](CCNc3ncccc3Cl)C2)cc1=O. The molecule has 0 radical (unpaired) electrons. The van der Waals surface area contributed by atoms with Crippen LogP contribution in [0.3, 0.4) is 0 Å². The van der Waals surface area contributed by atoms with Crippen molar-refractivity contribution in [3.63, 3.8) is 0 Å². The molecule has 1 aliphatic rings. The molecule has 0 saturated carbocycles. The minimum Gasteiger partial charge on any atom is -0.374 e. The Bertz CT molecular complexity index is 751. The lowest BCUT2D eigenvalue weighted by Crippen LogP contribution is -2.43. The molecule has 1 atom stereocenters. The van der Waals surface area contributed by atoms with E-state index in [0.717, 1.165) is 25.2 Å². The van der Waals surface area contributed by atoms with E-state index >= 15 is 0 Å². The quantitative estimate of drug-likeness (QED) is 0.882. The van der Waals surface area contributed by atoms with Crippen LogP contribution in [0.1, 0.15) is 6.42 Å². The topological polar surface area (TPSA) is 72.3 Å². The molecule has 1 saturated heterocycles. The third kappa shape index (κ3) is 4.04. The molecule has 128 valence electrons. The molecule has 2 aromatic rings. The number of anilines is 2. The summed E-state index contributed by atoms with van der Waals surface area (Å²) < 4.78 is 7.13. The summed E-state index contributed by atoms with van der Waals surface area (Å²) in [6, 6.07) is 5.22. The number of nitrogens with one attached hydrogen (secondary N) is 1. The Morgan fingerprint density at radius 1 is 1.50 bits per heavy atom. The second-order valence-corrected chi connectivity index (χ2v) is 6.07. The van der Waals surface area contributed by atoms with Crippen molar-refractivity contribution < 1.29 is 4.74 Å². The standard InChI is InChI=1S/C16H20ClN5O2/c1-21-15(23)9-12(10-20-21)22-7-8-24-13(11-22)4-6-19-16-14(17)3-2-5-18-16/h2-3,5,9-10,13H,4,6-8,11H2,1H3,(H,18,19)/t13-/m0/s1. The second kappa shape index (κ2) is 7.63. The van der Waals surface area contributed by atoms with Gasteiger partial charge in [0.05, 0.1) is 29.6 Å². The summed E-state index contributed by atoms with van der Waals surface area (Å²) in [7, 11) is 1.64. The lowest BCUT2D eigenvalue weighted by molar-refractivity contribution is 0.0374. The van der Waals surface area contributed by atoms with Gasteiger partial charge in [-0.05, 0) is 18.6 Å². The first-order valence-electron chi connectivity index (χ1n) is 7.88. The molecule has 24 heavy (non-hydrogen) atoms. The monoisotopic (exact) mass is 349 g/mol. The first-order chi connectivity index (χ1) is 11.6. The van der Waals surface area contributed by atoms with Gasteiger partial charge < -0.3 is 15.0 Å². The maximum atomic E-state index is 11.7. The zero-order chi connectivity index (χ0) is 16.9. The Morgan fingerprint density at radius 2 is 2.38 bits per heavy atom. The van der Waals surface area contributed by atoms with E-state index in [0.29, 0.717) is 24.0 Å². The zero-order valence-electron chi connectivity index (χ0n) is 13.5. The predicted molar refractivity (Wildman–Crippen MR) is 93.8 cm³/mol. The summed E-state index contributed by atoms with van der Waals surface area (Å²) >= 11 is 6.07. The molecule has 7 nitrogen and oxygen atoms in total. The third-order valence-electron chi connectivity index (χ3n) is 3.97. The Morgan fingerprint density at radius 3 is 3.17 bits per heavy atom. The smallest absolute Gasteiger partial charge is 0.268 e. The number of hydrogen-bond acceptors (Lipinski definition) is 6. The average Bonchev–Trinajstić information content (AvgIpc) is 2.59. The Labute approximate surface area is 145 Å². The molecular weight excluding hydrogens is 330 g/mol. The molecule has 2 aromatic heterocycles. The van der Waals surface area contributed by atoms with Crippen LogP contribution in [-0.2, 0) is 11.8 Å². The number of pyridine rings is 1. The number of ether oxygens (including phenoxy) is 1. The normalized spacial score (nSPS) is 17.8. The Kier molecular flexibility index (Phi) is 5.32. The number of nitrogens with zero attached hydrogens (tertiary/aromatic N) is 4. The van der Waals surface area contributed by atoms with Crippen LogP contribution >= 0.6 is 11.6 Å². The van der Waals surface area contributed by atoms with Crippen molar-refractivity contribution in [3.05, 3.63) is 46.0 Å². The second-order valence-electron chi connectivity index (χ2n) is 5.66. The number of halogens is 1. The van der Waals surface area contributed by atoms with Crippen LogP contribution in [-0.4, -0.2) is 47.1 Å². The van der Waals surface area contributed by atoms with Gasteiger partial charge in [0.25, 0.3) is 5.56 Å². The van der Waals surface area contributed by atoms with E-state index in [-0.39, 0.29) is 11.7 Å². The van der Waals surface area contributed by atoms with E-state index in [1.165, 1.54) is 4.68 Å². The largest absolute Gasteiger partial charge is 0.374 e. The van der Waals surface area contributed by atoms with Crippen LogP contribution in [0.25, 0.3) is 0 Å². The molecule has 0 bridgehead atoms. The van der Waals surface area contributed by atoms with Crippen molar-refractivity contribution in [1.29, 1.82) is 0 Å². The minimum atomic E-state index is -0.109. The fraction of sp³-hybridized carbons (Fsp3) is 0.438. The van der Waals surface area contributed by atoms with Gasteiger partial charge in [-0.25, -0.2) is 9.67 Å². The molecule has 3 rings (SSSR count). The summed E-state index contributed by atoms with van der Waals surface area (Å²) in [6.45, 7) is 2.82. The zero-order valence-corrected chi connectivity index (χ0v) is 14.2. The molecular formula is C16H20ClN5O2. The highest BCUT2D eigenvalue weighted by Gasteiger charge is 2.21. The van der Waals surface area contributed by atoms with E-state index < -0.39 is 0 Å². The summed E-state index contributed by atoms with van der Waals surface area (Å²) in [4.78, 5) is 18.1. The Balaban J connectivity index is 1.55. The van der Waals surface area contributed by atoms with Crippen molar-refractivity contribution in [2.45, 2.75) is 12.5 Å². The summed E-state index contributed by atoms with van der Waals surface area (Å²) in [6.07, 6.45) is 4.32. The van der Waals surface area contributed by atoms with Crippen LogP contribution in [0, 0.1) is 0 Å². The van der Waals surface area contributed by atoms with Crippen LogP contribution in [0.15, 0.2) is 35.4 Å². The molecule has 0 unspecified atom stereocenters. The van der Waals surface area contributed by atoms with E-state index in [1.807, 2.05) is 0 Å². The maximum absolute atomic E-state index is 11.7.